The number of ether oxygens (including phenoxy) is 1. The predicted molar refractivity (Wildman–Crippen MR) is 96.6 cm³/mol. The van der Waals surface area contributed by atoms with Gasteiger partial charge in [-0.15, -0.1) is 0 Å². The molecule has 0 amide bonds. The minimum Gasteiger partial charge on any atom is -0.461 e. The molecule has 2 heterocycles. The van der Waals surface area contributed by atoms with Gasteiger partial charge in [0.2, 0.25) is 5.79 Å². The maximum absolute atomic E-state index is 12.7. The van der Waals surface area contributed by atoms with Crippen LogP contribution in [0.1, 0.15) is 24.8 Å². The molecule has 2 unspecified atom stereocenters. The predicted octanol–water partition coefficient (Wildman–Crippen LogP) is 3.98. The van der Waals surface area contributed by atoms with Gasteiger partial charge in [0.05, 0.1) is 10.9 Å². The summed E-state index contributed by atoms with van der Waals surface area (Å²) in [5.74, 6) is -1.28. The molecule has 4 nitrogen and oxygen atoms in total. The maximum atomic E-state index is 12.7. The maximum Gasteiger partial charge on any atom is 0.343 e. The van der Waals surface area contributed by atoms with Gasteiger partial charge in [-0.2, -0.15) is 0 Å². The Kier molecular flexibility index (Phi) is 3.70. The van der Waals surface area contributed by atoms with Crippen LogP contribution in [0.2, 0.25) is 0 Å². The Hall–Kier alpha value is -2.85. The zero-order chi connectivity index (χ0) is 17.4. The molecule has 1 aliphatic heterocycles. The monoisotopic (exact) mass is 334 g/mol. The highest BCUT2D eigenvalue weighted by molar-refractivity contribution is 5.85. The molecule has 1 aliphatic carbocycles. The fourth-order valence-electron chi connectivity index (χ4n) is 3.39. The highest BCUT2D eigenvalue weighted by Gasteiger charge is 2.40. The summed E-state index contributed by atoms with van der Waals surface area (Å²) in [5.41, 5.74) is 1.41. The van der Waals surface area contributed by atoms with Gasteiger partial charge in [0, 0.05) is 19.3 Å². The number of hydrogen-bond donors (Lipinski definition) is 1. The van der Waals surface area contributed by atoms with E-state index in [1.807, 2.05) is 54.7 Å². The van der Waals surface area contributed by atoms with Gasteiger partial charge in [-0.05, 0) is 17.7 Å². The average Bonchev–Trinajstić information content (AvgIpc) is 2.53. The van der Waals surface area contributed by atoms with E-state index in [4.69, 9.17) is 9.15 Å². The van der Waals surface area contributed by atoms with Crippen LogP contribution in [0.25, 0.3) is 11.0 Å². The van der Waals surface area contributed by atoms with E-state index in [9.17, 15) is 9.90 Å². The first kappa shape index (κ1) is 15.7. The van der Waals surface area contributed by atoms with Crippen LogP contribution < -0.4 is 10.4 Å². The molecule has 25 heavy (non-hydrogen) atoms. The molecule has 4 heteroatoms. The van der Waals surface area contributed by atoms with Gasteiger partial charge in [-0.25, -0.2) is 4.79 Å². The van der Waals surface area contributed by atoms with E-state index >= 15 is 0 Å². The molecule has 0 saturated heterocycles. The van der Waals surface area contributed by atoms with Crippen molar-refractivity contribution in [1.29, 1.82) is 0 Å². The zero-order valence-corrected chi connectivity index (χ0v) is 13.8. The summed E-state index contributed by atoms with van der Waals surface area (Å²) in [6.07, 6.45) is 13.8. The molecular weight excluding hydrogens is 316 g/mol. The fraction of sp³-hybridized carbons (Fsp3) is 0.190. The van der Waals surface area contributed by atoms with E-state index in [1.54, 1.807) is 19.1 Å². The van der Waals surface area contributed by atoms with E-state index in [0.29, 0.717) is 22.3 Å². The van der Waals surface area contributed by atoms with E-state index < -0.39 is 11.4 Å². The molecule has 0 bridgehead atoms. The average molecular weight is 334 g/mol. The summed E-state index contributed by atoms with van der Waals surface area (Å²) in [6.45, 7) is 1.62. The molecule has 0 fully saturated rings. The molecule has 0 radical (unpaired) electrons. The second kappa shape index (κ2) is 5.90. The number of rotatable bonds is 1. The number of aliphatic hydroxyl groups is 1. The molecule has 1 N–H and O–H groups in total. The molecule has 0 saturated carbocycles. The Balaban J connectivity index is 1.97. The molecular formula is C21H18O4. The molecule has 2 aromatic rings. The van der Waals surface area contributed by atoms with Gasteiger partial charge >= 0.3 is 5.63 Å². The van der Waals surface area contributed by atoms with Crippen molar-refractivity contribution in [1.82, 2.24) is 0 Å². The van der Waals surface area contributed by atoms with E-state index in [1.165, 1.54) is 0 Å². The first-order valence-electron chi connectivity index (χ1n) is 8.24. The van der Waals surface area contributed by atoms with Crippen molar-refractivity contribution < 1.29 is 14.3 Å². The second-order valence-electron chi connectivity index (χ2n) is 6.46. The van der Waals surface area contributed by atoms with Crippen LogP contribution >= 0.6 is 0 Å². The highest BCUT2D eigenvalue weighted by Crippen LogP contribution is 2.45. The van der Waals surface area contributed by atoms with Crippen LogP contribution in [0.15, 0.2) is 81.6 Å². The summed E-state index contributed by atoms with van der Waals surface area (Å²) < 4.78 is 11.3. The number of para-hydroxylation sites is 1. The molecule has 0 spiro atoms. The number of allylic oxidation sites excluding steroid dienone is 8. The molecule has 2 atom stereocenters. The van der Waals surface area contributed by atoms with Crippen LogP contribution in [0.3, 0.4) is 0 Å². The molecule has 126 valence electrons. The minimum absolute atomic E-state index is 0.275. The molecule has 1 aromatic heterocycles. The molecule has 4 rings (SSSR count). The lowest BCUT2D eigenvalue weighted by Crippen LogP contribution is -2.40. The van der Waals surface area contributed by atoms with Crippen molar-refractivity contribution in [2.75, 3.05) is 0 Å². The van der Waals surface area contributed by atoms with E-state index in [-0.39, 0.29) is 12.3 Å². The standard InChI is InChI=1S/C21H18O4/c1-21(23)13-16(14-9-5-3-2-4-6-10-14)18-19(25-21)15-11-7-8-12-17(15)24-20(18)22/h2-12,16,23H,13H2,1H3/b3-2-,4-2?,5-3?,6-4+,9-5+,10-6?,14-9?,14-10+. The Morgan fingerprint density at radius 1 is 1.12 bits per heavy atom. The summed E-state index contributed by atoms with van der Waals surface area (Å²) in [6, 6.07) is 7.21. The lowest BCUT2D eigenvalue weighted by molar-refractivity contribution is -0.136. The molecule has 2 aliphatic rings. The van der Waals surface area contributed by atoms with Crippen molar-refractivity contribution >= 4 is 11.0 Å². The lowest BCUT2D eigenvalue weighted by Gasteiger charge is -2.36. The summed E-state index contributed by atoms with van der Waals surface area (Å²) in [4.78, 5) is 12.7. The quantitative estimate of drug-likeness (QED) is 0.802. The SMILES string of the molecule is CC1(O)CC(C2=C/C=C/C=C\C=C\2)c2c(c3ccccc3oc2=O)O1. The van der Waals surface area contributed by atoms with Gasteiger partial charge < -0.3 is 14.3 Å². The van der Waals surface area contributed by atoms with Crippen molar-refractivity contribution in [3.8, 4) is 5.75 Å². The van der Waals surface area contributed by atoms with E-state index in [2.05, 4.69) is 0 Å². The van der Waals surface area contributed by atoms with Crippen molar-refractivity contribution in [3.63, 3.8) is 0 Å². The Morgan fingerprint density at radius 2 is 1.88 bits per heavy atom. The summed E-state index contributed by atoms with van der Waals surface area (Å²) in [5, 5.41) is 11.3. The van der Waals surface area contributed by atoms with Crippen molar-refractivity contribution in [2.45, 2.75) is 25.0 Å². The Labute approximate surface area is 145 Å². The normalized spacial score (nSPS) is 31.0. The highest BCUT2D eigenvalue weighted by atomic mass is 16.6. The van der Waals surface area contributed by atoms with Crippen LogP contribution in [0.4, 0.5) is 0 Å². The lowest BCUT2D eigenvalue weighted by atomic mass is 9.82. The van der Waals surface area contributed by atoms with Gasteiger partial charge in [0.25, 0.3) is 0 Å². The van der Waals surface area contributed by atoms with Crippen LogP contribution in [-0.4, -0.2) is 10.9 Å². The van der Waals surface area contributed by atoms with Gasteiger partial charge in [-0.1, -0.05) is 54.7 Å². The Bertz CT molecular complexity index is 1000. The largest absolute Gasteiger partial charge is 0.461 e. The van der Waals surface area contributed by atoms with Crippen LogP contribution in [0, 0.1) is 0 Å². The topological polar surface area (TPSA) is 59.7 Å². The van der Waals surface area contributed by atoms with Gasteiger partial charge in [0.15, 0.2) is 0 Å². The third-order valence-corrected chi connectivity index (χ3v) is 4.48. The number of hydrogen-bond acceptors (Lipinski definition) is 4. The second-order valence-corrected chi connectivity index (χ2v) is 6.46. The van der Waals surface area contributed by atoms with E-state index in [0.717, 1.165) is 5.57 Å². The van der Waals surface area contributed by atoms with Crippen molar-refractivity contribution in [2.24, 2.45) is 0 Å². The third kappa shape index (κ3) is 2.85. The summed E-state index contributed by atoms with van der Waals surface area (Å²) >= 11 is 0. The fourth-order valence-corrected chi connectivity index (χ4v) is 3.39. The third-order valence-electron chi connectivity index (χ3n) is 4.48. The van der Waals surface area contributed by atoms with Crippen LogP contribution in [0.5, 0.6) is 5.75 Å². The number of fused-ring (bicyclic) bond motifs is 3. The molecule has 1 aromatic carbocycles. The minimum atomic E-state index is -1.37. The van der Waals surface area contributed by atoms with Crippen molar-refractivity contribution in [3.05, 3.63) is 88.4 Å². The first-order chi connectivity index (χ1) is 12.1. The Morgan fingerprint density at radius 3 is 2.76 bits per heavy atom. The first-order valence-corrected chi connectivity index (χ1v) is 8.24. The van der Waals surface area contributed by atoms with Crippen LogP contribution in [-0.2, 0) is 0 Å². The smallest absolute Gasteiger partial charge is 0.343 e. The van der Waals surface area contributed by atoms with Gasteiger partial charge in [-0.3, -0.25) is 0 Å². The number of benzene rings is 1. The zero-order valence-electron chi connectivity index (χ0n) is 13.8. The summed E-state index contributed by atoms with van der Waals surface area (Å²) in [7, 11) is 0. The van der Waals surface area contributed by atoms with Gasteiger partial charge in [0.1, 0.15) is 11.3 Å².